The summed E-state index contributed by atoms with van der Waals surface area (Å²) >= 11 is 0. The highest BCUT2D eigenvalue weighted by molar-refractivity contribution is 5.20. The second-order valence-electron chi connectivity index (χ2n) is 4.98. The third-order valence-electron chi connectivity index (χ3n) is 3.41. The molecule has 0 spiro atoms. The zero-order valence-corrected chi connectivity index (χ0v) is 10.7. The fourth-order valence-corrected chi connectivity index (χ4v) is 1.46. The van der Waals surface area contributed by atoms with E-state index in [0.717, 1.165) is 6.07 Å². The Morgan fingerprint density at radius 1 is 1.29 bits per heavy atom. The van der Waals surface area contributed by atoms with Crippen LogP contribution in [-0.4, -0.2) is 35.7 Å². The van der Waals surface area contributed by atoms with Gasteiger partial charge in [0.15, 0.2) is 11.6 Å². The van der Waals surface area contributed by atoms with Crippen LogP contribution in [0.3, 0.4) is 0 Å². The number of likely N-dealkylation sites (N-methyl/N-ethyl adjacent to an activating group) is 1. The Labute approximate surface area is 101 Å². The number of aliphatic hydroxyl groups excluding tert-OH is 1. The van der Waals surface area contributed by atoms with E-state index in [1.54, 1.807) is 0 Å². The van der Waals surface area contributed by atoms with Crippen molar-refractivity contribution in [1.82, 2.24) is 4.90 Å². The number of benzene rings is 1. The van der Waals surface area contributed by atoms with Crippen LogP contribution >= 0.6 is 0 Å². The molecule has 17 heavy (non-hydrogen) atoms. The molecule has 0 bridgehead atoms. The van der Waals surface area contributed by atoms with E-state index in [1.807, 2.05) is 32.8 Å². The highest BCUT2D eigenvalue weighted by Gasteiger charge is 2.30. The zero-order chi connectivity index (χ0) is 13.2. The molecule has 1 aromatic carbocycles. The molecular weight excluding hydrogens is 224 g/mol. The molecule has 1 rings (SSSR count). The maximum absolute atomic E-state index is 13.5. The second kappa shape index (κ2) is 5.10. The summed E-state index contributed by atoms with van der Waals surface area (Å²) in [5.41, 5.74) is -0.300. The molecule has 96 valence electrons. The van der Waals surface area contributed by atoms with E-state index >= 15 is 0 Å². The van der Waals surface area contributed by atoms with E-state index in [0.29, 0.717) is 0 Å². The lowest BCUT2D eigenvalue weighted by Gasteiger charge is -2.37. The van der Waals surface area contributed by atoms with Crippen molar-refractivity contribution in [1.29, 1.82) is 0 Å². The minimum atomic E-state index is -0.877. The molecule has 0 aliphatic rings. The molecule has 0 radical (unpaired) electrons. The van der Waals surface area contributed by atoms with Crippen molar-refractivity contribution in [3.63, 3.8) is 0 Å². The largest absolute Gasteiger partial charge is 0.391 e. The molecular formula is C13H19F2NO. The predicted octanol–water partition coefficient (Wildman–Crippen LogP) is 2.21. The van der Waals surface area contributed by atoms with E-state index in [9.17, 15) is 13.9 Å². The second-order valence-corrected chi connectivity index (χ2v) is 4.98. The Kier molecular flexibility index (Phi) is 4.22. The topological polar surface area (TPSA) is 23.5 Å². The minimum Gasteiger partial charge on any atom is -0.391 e. The van der Waals surface area contributed by atoms with Crippen LogP contribution in [0.2, 0.25) is 0 Å². The molecule has 0 saturated carbocycles. The van der Waals surface area contributed by atoms with Gasteiger partial charge in [0.05, 0.1) is 6.10 Å². The molecule has 1 unspecified atom stereocenters. The number of rotatable bonds is 4. The zero-order valence-electron chi connectivity index (χ0n) is 10.7. The lowest BCUT2D eigenvalue weighted by Crippen LogP contribution is -2.49. The van der Waals surface area contributed by atoms with Gasteiger partial charge in [-0.05, 0) is 39.6 Å². The van der Waals surface area contributed by atoms with Crippen molar-refractivity contribution in [3.8, 4) is 0 Å². The first-order valence-electron chi connectivity index (χ1n) is 5.55. The first-order valence-corrected chi connectivity index (χ1v) is 5.55. The highest BCUT2D eigenvalue weighted by Crippen LogP contribution is 2.21. The summed E-state index contributed by atoms with van der Waals surface area (Å²) in [7, 11) is 3.68. The van der Waals surface area contributed by atoms with E-state index in [2.05, 4.69) is 0 Å². The number of aliphatic hydroxyl groups is 1. The van der Waals surface area contributed by atoms with Crippen LogP contribution in [0.4, 0.5) is 8.78 Å². The van der Waals surface area contributed by atoms with Crippen molar-refractivity contribution < 1.29 is 13.9 Å². The number of hydrogen-bond acceptors (Lipinski definition) is 2. The molecule has 0 saturated heterocycles. The van der Waals surface area contributed by atoms with Crippen LogP contribution in [-0.2, 0) is 6.42 Å². The third kappa shape index (κ3) is 3.01. The normalized spacial score (nSPS) is 14.1. The number of halogens is 2. The number of hydrogen-bond donors (Lipinski definition) is 1. The van der Waals surface area contributed by atoms with Gasteiger partial charge in [0.25, 0.3) is 0 Å². The molecule has 2 nitrogen and oxygen atoms in total. The van der Waals surface area contributed by atoms with E-state index < -0.39 is 23.3 Å². The van der Waals surface area contributed by atoms with Crippen LogP contribution in [0.5, 0.6) is 0 Å². The van der Waals surface area contributed by atoms with Gasteiger partial charge in [0.1, 0.15) is 0 Å². The Morgan fingerprint density at radius 3 is 2.41 bits per heavy atom. The van der Waals surface area contributed by atoms with Crippen LogP contribution < -0.4 is 0 Å². The van der Waals surface area contributed by atoms with Gasteiger partial charge < -0.3 is 10.0 Å². The van der Waals surface area contributed by atoms with E-state index in [-0.39, 0.29) is 12.0 Å². The maximum Gasteiger partial charge on any atom is 0.162 e. The van der Waals surface area contributed by atoms with Crippen LogP contribution in [0.1, 0.15) is 19.4 Å². The fourth-order valence-electron chi connectivity index (χ4n) is 1.46. The SMILES string of the molecule is CN(C)C(C)(C)C(O)Cc1cccc(F)c1F. The molecule has 1 N–H and O–H groups in total. The third-order valence-corrected chi connectivity index (χ3v) is 3.41. The quantitative estimate of drug-likeness (QED) is 0.876. The smallest absolute Gasteiger partial charge is 0.162 e. The average Bonchev–Trinajstić information content (AvgIpc) is 2.24. The van der Waals surface area contributed by atoms with Gasteiger partial charge >= 0.3 is 0 Å². The average molecular weight is 243 g/mol. The summed E-state index contributed by atoms with van der Waals surface area (Å²) in [6.45, 7) is 3.71. The van der Waals surface area contributed by atoms with Gasteiger partial charge in [-0.3, -0.25) is 0 Å². The molecule has 4 heteroatoms. The van der Waals surface area contributed by atoms with Crippen molar-refractivity contribution in [3.05, 3.63) is 35.4 Å². The van der Waals surface area contributed by atoms with Gasteiger partial charge in [-0.1, -0.05) is 12.1 Å². The molecule has 0 aliphatic heterocycles. The van der Waals surface area contributed by atoms with Crippen LogP contribution in [0.15, 0.2) is 18.2 Å². The molecule has 0 amide bonds. The Hall–Kier alpha value is -1.00. The summed E-state index contributed by atoms with van der Waals surface area (Å²) in [5, 5.41) is 10.1. The fraction of sp³-hybridized carbons (Fsp3) is 0.538. The Morgan fingerprint density at radius 2 is 1.88 bits per heavy atom. The Balaban J connectivity index is 2.88. The van der Waals surface area contributed by atoms with Crippen LogP contribution in [0, 0.1) is 11.6 Å². The minimum absolute atomic E-state index is 0.0920. The molecule has 1 aromatic rings. The summed E-state index contributed by atoms with van der Waals surface area (Å²) in [5.74, 6) is -1.75. The standard InChI is InChI=1S/C13H19F2NO/c1-13(2,16(3)4)11(17)8-9-6-5-7-10(14)12(9)15/h5-7,11,17H,8H2,1-4H3. The van der Waals surface area contributed by atoms with Crippen molar-refractivity contribution in [2.75, 3.05) is 14.1 Å². The lowest BCUT2D eigenvalue weighted by molar-refractivity contribution is 0.0177. The van der Waals surface area contributed by atoms with Crippen LogP contribution in [0.25, 0.3) is 0 Å². The van der Waals surface area contributed by atoms with Crippen molar-refractivity contribution in [2.45, 2.75) is 31.9 Å². The summed E-state index contributed by atoms with van der Waals surface area (Å²) in [4.78, 5) is 1.86. The molecule has 0 aliphatic carbocycles. The summed E-state index contributed by atoms with van der Waals surface area (Å²) < 4.78 is 26.5. The highest BCUT2D eigenvalue weighted by atomic mass is 19.2. The van der Waals surface area contributed by atoms with E-state index in [1.165, 1.54) is 12.1 Å². The monoisotopic (exact) mass is 243 g/mol. The molecule has 0 fully saturated rings. The Bertz CT molecular complexity index is 391. The first kappa shape index (κ1) is 14.1. The molecule has 0 heterocycles. The van der Waals surface area contributed by atoms with Gasteiger partial charge in [-0.15, -0.1) is 0 Å². The molecule has 0 aromatic heterocycles. The summed E-state index contributed by atoms with van der Waals surface area (Å²) in [6.07, 6.45) is -0.678. The predicted molar refractivity (Wildman–Crippen MR) is 63.8 cm³/mol. The first-order chi connectivity index (χ1) is 7.76. The maximum atomic E-state index is 13.5. The van der Waals surface area contributed by atoms with Crippen molar-refractivity contribution in [2.24, 2.45) is 0 Å². The van der Waals surface area contributed by atoms with Gasteiger partial charge in [0.2, 0.25) is 0 Å². The number of nitrogens with zero attached hydrogens (tertiary/aromatic N) is 1. The lowest BCUT2D eigenvalue weighted by atomic mass is 9.90. The van der Waals surface area contributed by atoms with Crippen molar-refractivity contribution >= 4 is 0 Å². The van der Waals surface area contributed by atoms with Gasteiger partial charge in [0, 0.05) is 12.0 Å². The van der Waals surface area contributed by atoms with Gasteiger partial charge in [-0.2, -0.15) is 0 Å². The van der Waals surface area contributed by atoms with E-state index in [4.69, 9.17) is 0 Å². The molecule has 1 atom stereocenters. The van der Waals surface area contributed by atoms with Gasteiger partial charge in [-0.25, -0.2) is 8.78 Å². The summed E-state index contributed by atoms with van der Waals surface area (Å²) in [6, 6.07) is 4.01.